The first-order chi connectivity index (χ1) is 13.3. The summed E-state index contributed by atoms with van der Waals surface area (Å²) in [5.41, 5.74) is 1.35. The summed E-state index contributed by atoms with van der Waals surface area (Å²) in [4.78, 5) is 37.0. The number of aryl methyl sites for hydroxylation is 1. The summed E-state index contributed by atoms with van der Waals surface area (Å²) < 4.78 is 13.3. The van der Waals surface area contributed by atoms with E-state index in [9.17, 15) is 24.1 Å². The zero-order chi connectivity index (χ0) is 20.3. The third kappa shape index (κ3) is 4.33. The zero-order valence-electron chi connectivity index (χ0n) is 15.4. The van der Waals surface area contributed by atoms with Gasteiger partial charge in [-0.3, -0.25) is 19.7 Å². The third-order valence-electron chi connectivity index (χ3n) is 4.91. The molecular formula is C20H20FN3O4. The minimum Gasteiger partial charge on any atom is -0.339 e. The van der Waals surface area contributed by atoms with Crippen molar-refractivity contribution in [1.29, 1.82) is 0 Å². The number of nitrogens with zero attached hydrogens (tertiary/aromatic N) is 2. The van der Waals surface area contributed by atoms with E-state index in [-0.39, 0.29) is 29.0 Å². The summed E-state index contributed by atoms with van der Waals surface area (Å²) in [7, 11) is 0. The largest absolute Gasteiger partial charge is 0.339 e. The van der Waals surface area contributed by atoms with Crippen LogP contribution < -0.4 is 5.32 Å². The first-order valence-corrected chi connectivity index (χ1v) is 8.96. The third-order valence-corrected chi connectivity index (χ3v) is 4.91. The van der Waals surface area contributed by atoms with Crippen LogP contribution in [0.1, 0.15) is 28.8 Å². The lowest BCUT2D eigenvalue weighted by atomic mass is 9.95. The summed E-state index contributed by atoms with van der Waals surface area (Å²) in [6.07, 6.45) is 0.946. The van der Waals surface area contributed by atoms with Gasteiger partial charge in [0.05, 0.1) is 10.6 Å². The predicted octanol–water partition coefficient (Wildman–Crippen LogP) is 3.53. The molecule has 2 amide bonds. The van der Waals surface area contributed by atoms with Crippen molar-refractivity contribution in [3.63, 3.8) is 0 Å². The Balaban J connectivity index is 1.60. The molecule has 7 nitrogen and oxygen atoms in total. The number of carbonyl (C=O) groups excluding carboxylic acids is 2. The van der Waals surface area contributed by atoms with Crippen molar-refractivity contribution in [2.24, 2.45) is 5.92 Å². The van der Waals surface area contributed by atoms with E-state index in [0.29, 0.717) is 31.6 Å². The smallest absolute Gasteiger partial charge is 0.271 e. The van der Waals surface area contributed by atoms with Crippen LogP contribution in [0.2, 0.25) is 0 Å². The number of amides is 2. The Morgan fingerprint density at radius 1 is 1.18 bits per heavy atom. The molecule has 2 aromatic rings. The molecule has 3 rings (SSSR count). The van der Waals surface area contributed by atoms with Gasteiger partial charge >= 0.3 is 0 Å². The number of halogens is 1. The lowest BCUT2D eigenvalue weighted by Gasteiger charge is -2.31. The van der Waals surface area contributed by atoms with Crippen LogP contribution >= 0.6 is 0 Å². The fraction of sp³-hybridized carbons (Fsp3) is 0.300. The van der Waals surface area contributed by atoms with E-state index in [4.69, 9.17) is 0 Å². The van der Waals surface area contributed by atoms with Crippen LogP contribution in [-0.2, 0) is 4.79 Å². The number of non-ortho nitro benzene ring substituents is 1. The molecule has 146 valence electrons. The highest BCUT2D eigenvalue weighted by molar-refractivity contribution is 5.95. The van der Waals surface area contributed by atoms with Crippen molar-refractivity contribution in [2.45, 2.75) is 19.8 Å². The number of carbonyl (C=O) groups is 2. The minimum atomic E-state index is -0.508. The van der Waals surface area contributed by atoms with Gasteiger partial charge in [0, 0.05) is 36.7 Å². The molecule has 0 bridgehead atoms. The lowest BCUT2D eigenvalue weighted by Crippen LogP contribution is -2.41. The van der Waals surface area contributed by atoms with Crippen molar-refractivity contribution >= 4 is 23.2 Å². The average Bonchev–Trinajstić information content (AvgIpc) is 2.69. The zero-order valence-corrected chi connectivity index (χ0v) is 15.4. The minimum absolute atomic E-state index is 0.0867. The Hall–Kier alpha value is -3.29. The van der Waals surface area contributed by atoms with Gasteiger partial charge in [0.15, 0.2) is 0 Å². The summed E-state index contributed by atoms with van der Waals surface area (Å²) >= 11 is 0. The summed E-state index contributed by atoms with van der Waals surface area (Å²) in [6, 6.07) is 9.86. The highest BCUT2D eigenvalue weighted by atomic mass is 19.1. The summed E-state index contributed by atoms with van der Waals surface area (Å²) in [5, 5.41) is 13.7. The topological polar surface area (TPSA) is 92.6 Å². The van der Waals surface area contributed by atoms with Crippen LogP contribution in [0.25, 0.3) is 0 Å². The standard InChI is InChI=1S/C20H20FN3O4/c1-13-5-6-17(24(27)28)12-18(13)22-19(25)14-7-9-23(10-8-14)20(26)15-3-2-4-16(21)11-15/h2-6,11-12,14H,7-10H2,1H3,(H,22,25). The van der Waals surface area contributed by atoms with Crippen LogP contribution in [0.4, 0.5) is 15.8 Å². The molecule has 0 aromatic heterocycles. The Labute approximate surface area is 161 Å². The van der Waals surface area contributed by atoms with Gasteiger partial charge in [0.25, 0.3) is 11.6 Å². The molecule has 28 heavy (non-hydrogen) atoms. The van der Waals surface area contributed by atoms with Gasteiger partial charge < -0.3 is 10.2 Å². The maximum atomic E-state index is 13.3. The molecule has 8 heteroatoms. The molecule has 1 aliphatic heterocycles. The highest BCUT2D eigenvalue weighted by Gasteiger charge is 2.28. The van der Waals surface area contributed by atoms with Crippen LogP contribution in [-0.4, -0.2) is 34.7 Å². The number of likely N-dealkylation sites (tertiary alicyclic amines) is 1. The van der Waals surface area contributed by atoms with E-state index in [2.05, 4.69) is 5.32 Å². The molecule has 0 radical (unpaired) electrons. The second-order valence-corrected chi connectivity index (χ2v) is 6.82. The molecule has 1 N–H and O–H groups in total. The van der Waals surface area contributed by atoms with Crippen molar-refractivity contribution in [2.75, 3.05) is 18.4 Å². The van der Waals surface area contributed by atoms with E-state index >= 15 is 0 Å². The molecule has 2 aromatic carbocycles. The second-order valence-electron chi connectivity index (χ2n) is 6.82. The van der Waals surface area contributed by atoms with Crippen molar-refractivity contribution < 1.29 is 18.9 Å². The van der Waals surface area contributed by atoms with E-state index in [1.54, 1.807) is 24.0 Å². The number of hydrogen-bond donors (Lipinski definition) is 1. The van der Waals surface area contributed by atoms with Crippen molar-refractivity contribution in [1.82, 2.24) is 4.90 Å². The summed E-state index contributed by atoms with van der Waals surface area (Å²) in [6.45, 7) is 2.54. The molecular weight excluding hydrogens is 365 g/mol. The molecule has 1 fully saturated rings. The van der Waals surface area contributed by atoms with Gasteiger partial charge in [-0.05, 0) is 43.5 Å². The van der Waals surface area contributed by atoms with Gasteiger partial charge in [0.1, 0.15) is 5.82 Å². The molecule has 0 atom stereocenters. The van der Waals surface area contributed by atoms with Crippen LogP contribution in [0, 0.1) is 28.8 Å². The van der Waals surface area contributed by atoms with Gasteiger partial charge in [-0.2, -0.15) is 0 Å². The normalized spacial score (nSPS) is 14.6. The molecule has 0 spiro atoms. The van der Waals surface area contributed by atoms with Crippen LogP contribution in [0.15, 0.2) is 42.5 Å². The fourth-order valence-electron chi connectivity index (χ4n) is 3.24. The molecule has 1 heterocycles. The first kappa shape index (κ1) is 19.5. The van der Waals surface area contributed by atoms with Crippen molar-refractivity contribution in [3.05, 3.63) is 69.5 Å². The van der Waals surface area contributed by atoms with Gasteiger partial charge in [-0.25, -0.2) is 4.39 Å². The lowest BCUT2D eigenvalue weighted by molar-refractivity contribution is -0.384. The monoisotopic (exact) mass is 385 g/mol. The quantitative estimate of drug-likeness (QED) is 0.644. The van der Waals surface area contributed by atoms with Crippen LogP contribution in [0.5, 0.6) is 0 Å². The number of anilines is 1. The van der Waals surface area contributed by atoms with Gasteiger partial charge in [-0.15, -0.1) is 0 Å². The summed E-state index contributed by atoms with van der Waals surface area (Å²) in [5.74, 6) is -1.24. The van der Waals surface area contributed by atoms with E-state index < -0.39 is 10.7 Å². The number of hydrogen-bond acceptors (Lipinski definition) is 4. The highest BCUT2D eigenvalue weighted by Crippen LogP contribution is 2.25. The molecule has 1 saturated heterocycles. The van der Waals surface area contributed by atoms with E-state index in [1.807, 2.05) is 0 Å². The number of nitrogens with one attached hydrogen (secondary N) is 1. The van der Waals surface area contributed by atoms with Gasteiger partial charge in [0.2, 0.25) is 5.91 Å². The number of piperidine rings is 1. The Morgan fingerprint density at radius 2 is 1.89 bits per heavy atom. The number of nitro benzene ring substituents is 1. The molecule has 0 unspecified atom stereocenters. The number of nitro groups is 1. The molecule has 0 saturated carbocycles. The predicted molar refractivity (Wildman–Crippen MR) is 101 cm³/mol. The SMILES string of the molecule is Cc1ccc([N+](=O)[O-])cc1NC(=O)C1CCN(C(=O)c2cccc(F)c2)CC1. The second kappa shape index (κ2) is 8.16. The van der Waals surface area contributed by atoms with Crippen molar-refractivity contribution in [3.8, 4) is 0 Å². The Morgan fingerprint density at radius 3 is 2.54 bits per heavy atom. The van der Waals surface area contributed by atoms with Gasteiger partial charge in [-0.1, -0.05) is 12.1 Å². The maximum absolute atomic E-state index is 13.3. The molecule has 0 aliphatic carbocycles. The Kier molecular flexibility index (Phi) is 5.67. The molecule has 1 aliphatic rings. The Bertz CT molecular complexity index is 923. The first-order valence-electron chi connectivity index (χ1n) is 8.96. The van der Waals surface area contributed by atoms with E-state index in [1.165, 1.54) is 30.3 Å². The maximum Gasteiger partial charge on any atom is 0.271 e. The van der Waals surface area contributed by atoms with E-state index in [0.717, 1.165) is 5.56 Å². The number of benzene rings is 2. The van der Waals surface area contributed by atoms with Crippen LogP contribution in [0.3, 0.4) is 0 Å². The fourth-order valence-corrected chi connectivity index (χ4v) is 3.24. The average molecular weight is 385 g/mol. The number of rotatable bonds is 4.